The molecule has 0 spiro atoms. The van der Waals surface area contributed by atoms with Gasteiger partial charge in [0.05, 0.1) is 16.7 Å². The lowest BCUT2D eigenvalue weighted by Crippen LogP contribution is -2.61. The van der Waals surface area contributed by atoms with Gasteiger partial charge in [-0.15, -0.1) is 0 Å². The van der Waals surface area contributed by atoms with Crippen LogP contribution >= 0.6 is 0 Å². The maximum atomic E-state index is 2.54. The van der Waals surface area contributed by atoms with Crippen molar-refractivity contribution in [2.24, 2.45) is 0 Å². The molecule has 1 aromatic heterocycles. The van der Waals surface area contributed by atoms with E-state index in [4.69, 9.17) is 0 Å². The third-order valence-electron chi connectivity index (χ3n) is 14.6. The molecule has 3 heterocycles. The van der Waals surface area contributed by atoms with Crippen molar-refractivity contribution in [3.8, 4) is 50.2 Å². The maximum absolute atomic E-state index is 2.54. The summed E-state index contributed by atoms with van der Waals surface area (Å²) < 4.78 is 2.48. The van der Waals surface area contributed by atoms with Crippen LogP contribution in [0, 0.1) is 0 Å². The highest BCUT2D eigenvalue weighted by Gasteiger charge is 2.44. The first-order chi connectivity index (χ1) is 34.7. The minimum Gasteiger partial charge on any atom is -0.311 e. The number of hydrogen-bond acceptors (Lipinski definition) is 2. The SMILES string of the molecule is c1ccc(-c2ccc(N3c4ccc(-c5ccccc5)cc4B4c5cc(-c6ccccc6)ccc5N(c5ccc(-c6ccccc6)cc5)c5cc(-n6c7ccccc7c7ccccc76)cc3c54)cc2)cc1. The van der Waals surface area contributed by atoms with E-state index in [0.717, 1.165) is 28.4 Å². The predicted molar refractivity (Wildman–Crippen MR) is 297 cm³/mol. The van der Waals surface area contributed by atoms with Gasteiger partial charge in [-0.1, -0.05) is 206 Å². The normalized spacial score (nSPS) is 12.5. The second-order valence-electron chi connectivity index (χ2n) is 18.5. The van der Waals surface area contributed by atoms with Crippen LogP contribution in [-0.2, 0) is 0 Å². The largest absolute Gasteiger partial charge is 0.311 e. The molecule has 0 atom stereocenters. The van der Waals surface area contributed by atoms with Gasteiger partial charge in [-0.2, -0.15) is 0 Å². The molecule has 0 amide bonds. The molecule has 0 saturated carbocycles. The van der Waals surface area contributed by atoms with Crippen LogP contribution in [0.5, 0.6) is 0 Å². The van der Waals surface area contributed by atoms with Gasteiger partial charge in [-0.3, -0.25) is 0 Å². The van der Waals surface area contributed by atoms with Gasteiger partial charge in [0.2, 0.25) is 0 Å². The Morgan fingerprint density at radius 3 is 0.971 bits per heavy atom. The maximum Gasteiger partial charge on any atom is 0.252 e. The van der Waals surface area contributed by atoms with Crippen molar-refractivity contribution in [2.75, 3.05) is 9.80 Å². The van der Waals surface area contributed by atoms with Crippen LogP contribution in [0.2, 0.25) is 0 Å². The number of rotatable bonds is 7. The Labute approximate surface area is 408 Å². The molecular formula is C66H44BN3. The standard InChI is InChI=1S/C66H44BN3/c1-5-17-45(18-6-1)49-29-35-53(36-30-49)68-62-39-33-51(47-21-9-3-10-22-47)41-58(62)67-59-42-52(48-23-11-4-12-24-48)34-40-63(59)69(54-37-31-50(32-38-54)46-19-7-2-8-20-46)65-44-55(43-64(68)66(65)67)70-60-27-15-13-25-56(60)57-26-14-16-28-61(57)70/h1-44H. The van der Waals surface area contributed by atoms with Crippen molar-refractivity contribution in [2.45, 2.75) is 0 Å². The number of para-hydroxylation sites is 2. The fourth-order valence-corrected chi connectivity index (χ4v) is 11.4. The van der Waals surface area contributed by atoms with Crippen molar-refractivity contribution < 1.29 is 0 Å². The Hall–Kier alpha value is -9.12. The molecule has 12 aromatic rings. The molecule has 0 N–H and O–H groups in total. The molecule has 14 rings (SSSR count). The van der Waals surface area contributed by atoms with Crippen molar-refractivity contribution in [1.82, 2.24) is 4.57 Å². The van der Waals surface area contributed by atoms with Crippen LogP contribution in [0.25, 0.3) is 72.0 Å². The van der Waals surface area contributed by atoms with E-state index in [1.54, 1.807) is 0 Å². The summed E-state index contributed by atoms with van der Waals surface area (Å²) in [6.07, 6.45) is 0. The molecule has 326 valence electrons. The lowest BCUT2D eigenvalue weighted by atomic mass is 9.33. The summed E-state index contributed by atoms with van der Waals surface area (Å²) >= 11 is 0. The lowest BCUT2D eigenvalue weighted by Gasteiger charge is -2.44. The first-order valence-electron chi connectivity index (χ1n) is 24.2. The van der Waals surface area contributed by atoms with E-state index in [-0.39, 0.29) is 6.71 Å². The fraction of sp³-hybridized carbons (Fsp3) is 0. The van der Waals surface area contributed by atoms with Gasteiger partial charge in [-0.05, 0) is 122 Å². The summed E-state index contributed by atoms with van der Waals surface area (Å²) in [5, 5.41) is 2.48. The first kappa shape index (κ1) is 40.0. The topological polar surface area (TPSA) is 11.4 Å². The molecule has 0 radical (unpaired) electrons. The quantitative estimate of drug-likeness (QED) is 0.148. The van der Waals surface area contributed by atoms with Crippen molar-refractivity contribution in [1.29, 1.82) is 0 Å². The zero-order chi connectivity index (χ0) is 46.1. The smallest absolute Gasteiger partial charge is 0.252 e. The minimum absolute atomic E-state index is 0.0887. The molecule has 0 bridgehead atoms. The average molecular weight is 890 g/mol. The van der Waals surface area contributed by atoms with Gasteiger partial charge in [0.1, 0.15) is 0 Å². The van der Waals surface area contributed by atoms with E-state index >= 15 is 0 Å². The fourth-order valence-electron chi connectivity index (χ4n) is 11.4. The van der Waals surface area contributed by atoms with Gasteiger partial charge in [0.15, 0.2) is 0 Å². The zero-order valence-corrected chi connectivity index (χ0v) is 38.3. The Kier molecular flexibility index (Phi) is 9.31. The molecule has 0 saturated heterocycles. The third-order valence-corrected chi connectivity index (χ3v) is 14.6. The van der Waals surface area contributed by atoms with E-state index < -0.39 is 0 Å². The molecule has 0 aliphatic carbocycles. The molecule has 0 fully saturated rings. The highest BCUT2D eigenvalue weighted by molar-refractivity contribution is 7.00. The van der Waals surface area contributed by atoms with E-state index in [9.17, 15) is 0 Å². The number of benzene rings is 11. The monoisotopic (exact) mass is 889 g/mol. The van der Waals surface area contributed by atoms with Crippen molar-refractivity contribution in [3.05, 3.63) is 267 Å². The lowest BCUT2D eigenvalue weighted by molar-refractivity contribution is 1.16. The Bertz CT molecular complexity index is 3670. The molecule has 11 aromatic carbocycles. The van der Waals surface area contributed by atoms with E-state index in [1.165, 1.54) is 94.1 Å². The molecular weight excluding hydrogens is 846 g/mol. The van der Waals surface area contributed by atoms with Crippen LogP contribution in [-0.4, -0.2) is 11.3 Å². The van der Waals surface area contributed by atoms with Crippen LogP contribution in [0.1, 0.15) is 0 Å². The van der Waals surface area contributed by atoms with Gasteiger partial charge < -0.3 is 14.4 Å². The summed E-state index contributed by atoms with van der Waals surface area (Å²) in [5.74, 6) is 0. The predicted octanol–water partition coefficient (Wildman–Crippen LogP) is 15.5. The van der Waals surface area contributed by atoms with Crippen LogP contribution in [0.3, 0.4) is 0 Å². The number of nitrogens with zero attached hydrogens (tertiary/aromatic N) is 3. The second kappa shape index (κ2) is 16.3. The van der Waals surface area contributed by atoms with E-state index in [0.29, 0.717) is 0 Å². The minimum atomic E-state index is -0.0887. The molecule has 0 unspecified atom stereocenters. The van der Waals surface area contributed by atoms with Gasteiger partial charge >= 0.3 is 0 Å². The summed E-state index contributed by atoms with van der Waals surface area (Å²) in [6, 6.07) is 98.3. The first-order valence-corrected chi connectivity index (χ1v) is 24.2. The number of hydrogen-bond donors (Lipinski definition) is 0. The zero-order valence-electron chi connectivity index (χ0n) is 38.3. The van der Waals surface area contributed by atoms with Crippen molar-refractivity contribution >= 4 is 79.0 Å². The summed E-state index contributed by atoms with van der Waals surface area (Å²) in [6.45, 7) is -0.0887. The molecule has 4 heteroatoms. The highest BCUT2D eigenvalue weighted by Crippen LogP contribution is 2.47. The van der Waals surface area contributed by atoms with Crippen LogP contribution in [0.15, 0.2) is 267 Å². The third kappa shape index (κ3) is 6.45. The second-order valence-corrected chi connectivity index (χ2v) is 18.5. The van der Waals surface area contributed by atoms with Gasteiger partial charge in [0.25, 0.3) is 6.71 Å². The number of fused-ring (bicyclic) bond motifs is 7. The number of aromatic nitrogens is 1. The molecule has 70 heavy (non-hydrogen) atoms. The summed E-state index contributed by atoms with van der Waals surface area (Å²) in [7, 11) is 0. The molecule has 2 aliphatic rings. The Balaban J connectivity index is 1.09. The van der Waals surface area contributed by atoms with Gasteiger partial charge in [0, 0.05) is 44.9 Å². The van der Waals surface area contributed by atoms with Crippen LogP contribution in [0.4, 0.5) is 34.1 Å². The summed E-state index contributed by atoms with van der Waals surface area (Å²) in [5.41, 5.74) is 23.7. The Morgan fingerprint density at radius 1 is 0.243 bits per heavy atom. The van der Waals surface area contributed by atoms with E-state index in [1.807, 2.05) is 0 Å². The van der Waals surface area contributed by atoms with E-state index in [2.05, 4.69) is 281 Å². The summed E-state index contributed by atoms with van der Waals surface area (Å²) in [4.78, 5) is 5.07. The van der Waals surface area contributed by atoms with Gasteiger partial charge in [-0.25, -0.2) is 0 Å². The number of anilines is 6. The van der Waals surface area contributed by atoms with Crippen LogP contribution < -0.4 is 26.2 Å². The Morgan fingerprint density at radius 2 is 0.571 bits per heavy atom. The molecule has 3 nitrogen and oxygen atoms in total. The highest BCUT2D eigenvalue weighted by atomic mass is 15.2. The average Bonchev–Trinajstić information content (AvgIpc) is 3.78. The molecule has 2 aliphatic heterocycles. The van der Waals surface area contributed by atoms with Crippen molar-refractivity contribution in [3.63, 3.8) is 0 Å².